The Labute approximate surface area is 90.9 Å². The average molecular weight is 206 g/mol. The SMILES string of the molecule is COc1cccc(CNC2CCCC2)n1. The molecule has 1 saturated carbocycles. The number of aromatic nitrogens is 1. The lowest BCUT2D eigenvalue weighted by molar-refractivity contribution is 0.395. The van der Waals surface area contributed by atoms with Gasteiger partial charge in [0.25, 0.3) is 0 Å². The Morgan fingerprint density at radius 3 is 2.93 bits per heavy atom. The maximum Gasteiger partial charge on any atom is 0.213 e. The fourth-order valence-electron chi connectivity index (χ4n) is 2.05. The van der Waals surface area contributed by atoms with Crippen molar-refractivity contribution in [2.24, 2.45) is 0 Å². The van der Waals surface area contributed by atoms with E-state index in [-0.39, 0.29) is 0 Å². The number of ether oxygens (including phenoxy) is 1. The lowest BCUT2D eigenvalue weighted by Gasteiger charge is -2.11. The van der Waals surface area contributed by atoms with Gasteiger partial charge in [-0.15, -0.1) is 0 Å². The molecule has 1 fully saturated rings. The minimum absolute atomic E-state index is 0.693. The zero-order valence-electron chi connectivity index (χ0n) is 9.20. The fourth-order valence-corrected chi connectivity index (χ4v) is 2.05. The van der Waals surface area contributed by atoms with Crippen molar-refractivity contribution >= 4 is 0 Å². The van der Waals surface area contributed by atoms with Crippen LogP contribution < -0.4 is 10.1 Å². The van der Waals surface area contributed by atoms with Crippen LogP contribution in [0.1, 0.15) is 31.4 Å². The lowest BCUT2D eigenvalue weighted by Crippen LogP contribution is -2.25. The van der Waals surface area contributed by atoms with E-state index < -0.39 is 0 Å². The van der Waals surface area contributed by atoms with Crippen LogP contribution in [0.3, 0.4) is 0 Å². The van der Waals surface area contributed by atoms with Crippen LogP contribution in [0.15, 0.2) is 18.2 Å². The van der Waals surface area contributed by atoms with E-state index in [9.17, 15) is 0 Å². The Bertz CT molecular complexity index is 308. The number of hydrogen-bond acceptors (Lipinski definition) is 3. The highest BCUT2D eigenvalue weighted by Gasteiger charge is 2.13. The van der Waals surface area contributed by atoms with Crippen molar-refractivity contribution in [3.63, 3.8) is 0 Å². The number of hydrogen-bond donors (Lipinski definition) is 1. The van der Waals surface area contributed by atoms with E-state index in [1.165, 1.54) is 25.7 Å². The van der Waals surface area contributed by atoms with Crippen molar-refractivity contribution in [3.05, 3.63) is 23.9 Å². The van der Waals surface area contributed by atoms with E-state index in [1.807, 2.05) is 18.2 Å². The summed E-state index contributed by atoms with van der Waals surface area (Å²) in [6.45, 7) is 0.849. The Morgan fingerprint density at radius 2 is 2.20 bits per heavy atom. The largest absolute Gasteiger partial charge is 0.481 e. The minimum atomic E-state index is 0.693. The summed E-state index contributed by atoms with van der Waals surface area (Å²) < 4.78 is 5.09. The molecule has 2 rings (SSSR count). The molecule has 3 heteroatoms. The van der Waals surface area contributed by atoms with Crippen LogP contribution >= 0.6 is 0 Å². The molecule has 1 heterocycles. The molecule has 82 valence electrons. The second-order valence-electron chi connectivity index (χ2n) is 4.03. The van der Waals surface area contributed by atoms with Crippen molar-refractivity contribution < 1.29 is 4.74 Å². The molecule has 0 saturated heterocycles. The Hall–Kier alpha value is -1.09. The summed E-state index contributed by atoms with van der Waals surface area (Å²) in [4.78, 5) is 4.37. The number of methoxy groups -OCH3 is 1. The second kappa shape index (κ2) is 5.12. The number of pyridine rings is 1. The molecule has 1 N–H and O–H groups in total. The monoisotopic (exact) mass is 206 g/mol. The van der Waals surface area contributed by atoms with E-state index in [4.69, 9.17) is 4.74 Å². The average Bonchev–Trinajstić information content (AvgIpc) is 2.79. The van der Waals surface area contributed by atoms with Gasteiger partial charge in [-0.2, -0.15) is 0 Å². The molecule has 0 radical (unpaired) electrons. The first-order valence-electron chi connectivity index (χ1n) is 5.62. The van der Waals surface area contributed by atoms with Crippen molar-refractivity contribution in [2.75, 3.05) is 7.11 Å². The van der Waals surface area contributed by atoms with Gasteiger partial charge in [0.2, 0.25) is 5.88 Å². The van der Waals surface area contributed by atoms with Gasteiger partial charge in [0, 0.05) is 18.7 Å². The fraction of sp³-hybridized carbons (Fsp3) is 0.583. The summed E-state index contributed by atoms with van der Waals surface area (Å²) >= 11 is 0. The molecule has 0 aromatic carbocycles. The van der Waals surface area contributed by atoms with Gasteiger partial charge in [0.1, 0.15) is 0 Å². The van der Waals surface area contributed by atoms with Crippen molar-refractivity contribution in [1.82, 2.24) is 10.3 Å². The molecule has 1 aromatic heterocycles. The Balaban J connectivity index is 1.86. The normalized spacial score (nSPS) is 16.9. The topological polar surface area (TPSA) is 34.1 Å². The smallest absolute Gasteiger partial charge is 0.213 e. The molecular formula is C12H18N2O. The quantitative estimate of drug-likeness (QED) is 0.819. The van der Waals surface area contributed by atoms with E-state index in [1.54, 1.807) is 7.11 Å². The summed E-state index contributed by atoms with van der Waals surface area (Å²) in [7, 11) is 1.65. The number of nitrogens with one attached hydrogen (secondary N) is 1. The molecule has 3 nitrogen and oxygen atoms in total. The zero-order chi connectivity index (χ0) is 10.5. The zero-order valence-corrected chi connectivity index (χ0v) is 9.20. The summed E-state index contributed by atoms with van der Waals surface area (Å²) in [5, 5.41) is 3.53. The first-order chi connectivity index (χ1) is 7.38. The maximum atomic E-state index is 5.09. The van der Waals surface area contributed by atoms with Gasteiger partial charge in [0.05, 0.1) is 12.8 Å². The van der Waals surface area contributed by atoms with Crippen LogP contribution in [0.4, 0.5) is 0 Å². The molecule has 0 aliphatic heterocycles. The molecule has 0 amide bonds. The van der Waals surface area contributed by atoms with Crippen LogP contribution in [0.5, 0.6) is 5.88 Å². The highest BCUT2D eigenvalue weighted by molar-refractivity contribution is 5.15. The number of nitrogens with zero attached hydrogens (tertiary/aromatic N) is 1. The lowest BCUT2D eigenvalue weighted by atomic mass is 10.2. The third-order valence-electron chi connectivity index (χ3n) is 2.92. The third-order valence-corrected chi connectivity index (χ3v) is 2.92. The van der Waals surface area contributed by atoms with Crippen LogP contribution in [0, 0.1) is 0 Å². The predicted molar refractivity (Wildman–Crippen MR) is 59.9 cm³/mol. The van der Waals surface area contributed by atoms with Gasteiger partial charge >= 0.3 is 0 Å². The summed E-state index contributed by atoms with van der Waals surface area (Å²) in [5.41, 5.74) is 1.06. The van der Waals surface area contributed by atoms with E-state index in [0.29, 0.717) is 11.9 Å². The van der Waals surface area contributed by atoms with Crippen LogP contribution in [0.2, 0.25) is 0 Å². The van der Waals surface area contributed by atoms with Crippen molar-refractivity contribution in [2.45, 2.75) is 38.3 Å². The van der Waals surface area contributed by atoms with Gasteiger partial charge < -0.3 is 10.1 Å². The van der Waals surface area contributed by atoms with Gasteiger partial charge in [-0.3, -0.25) is 0 Å². The first-order valence-corrected chi connectivity index (χ1v) is 5.62. The standard InChI is InChI=1S/C12H18N2O/c1-15-12-8-4-7-11(14-12)9-13-10-5-2-3-6-10/h4,7-8,10,13H,2-3,5-6,9H2,1H3. The molecule has 1 aliphatic carbocycles. The van der Waals surface area contributed by atoms with Gasteiger partial charge in [0.15, 0.2) is 0 Å². The maximum absolute atomic E-state index is 5.09. The molecule has 0 unspecified atom stereocenters. The molecule has 15 heavy (non-hydrogen) atoms. The highest BCUT2D eigenvalue weighted by Crippen LogP contribution is 2.18. The van der Waals surface area contributed by atoms with Crippen LogP contribution in [-0.4, -0.2) is 18.1 Å². The minimum Gasteiger partial charge on any atom is -0.481 e. The summed E-state index contributed by atoms with van der Waals surface area (Å²) in [5.74, 6) is 0.695. The molecule has 0 bridgehead atoms. The van der Waals surface area contributed by atoms with Gasteiger partial charge in [-0.05, 0) is 18.9 Å². The van der Waals surface area contributed by atoms with E-state index in [0.717, 1.165) is 12.2 Å². The summed E-state index contributed by atoms with van der Waals surface area (Å²) in [6.07, 6.45) is 5.35. The molecule has 1 aliphatic rings. The van der Waals surface area contributed by atoms with E-state index in [2.05, 4.69) is 10.3 Å². The summed E-state index contributed by atoms with van der Waals surface area (Å²) in [6, 6.07) is 6.58. The molecular weight excluding hydrogens is 188 g/mol. The van der Waals surface area contributed by atoms with Gasteiger partial charge in [-0.1, -0.05) is 18.9 Å². The Kier molecular flexibility index (Phi) is 3.56. The third kappa shape index (κ3) is 2.93. The number of rotatable bonds is 4. The van der Waals surface area contributed by atoms with Crippen molar-refractivity contribution in [3.8, 4) is 5.88 Å². The first kappa shape index (κ1) is 10.4. The van der Waals surface area contributed by atoms with E-state index >= 15 is 0 Å². The van der Waals surface area contributed by atoms with Crippen molar-refractivity contribution in [1.29, 1.82) is 0 Å². The predicted octanol–water partition coefficient (Wildman–Crippen LogP) is 2.12. The van der Waals surface area contributed by atoms with Crippen LogP contribution in [-0.2, 0) is 6.54 Å². The van der Waals surface area contributed by atoms with Crippen LogP contribution in [0.25, 0.3) is 0 Å². The molecule has 1 aromatic rings. The van der Waals surface area contributed by atoms with Gasteiger partial charge in [-0.25, -0.2) is 4.98 Å². The molecule has 0 atom stereocenters. The second-order valence-corrected chi connectivity index (χ2v) is 4.03. The highest BCUT2D eigenvalue weighted by atomic mass is 16.5. The Morgan fingerprint density at radius 1 is 1.40 bits per heavy atom. The molecule has 0 spiro atoms.